The molecule has 0 radical (unpaired) electrons. The van der Waals surface area contributed by atoms with Crippen LogP contribution in [0.5, 0.6) is 0 Å². The van der Waals surface area contributed by atoms with E-state index in [0.29, 0.717) is 23.9 Å². The van der Waals surface area contributed by atoms with Gasteiger partial charge in [-0.2, -0.15) is 4.31 Å². The van der Waals surface area contributed by atoms with Crippen LogP contribution in [0, 0.1) is 0 Å². The summed E-state index contributed by atoms with van der Waals surface area (Å²) < 4.78 is 31.8. The lowest BCUT2D eigenvalue weighted by Gasteiger charge is -2.25. The Hall–Kier alpha value is -0.620. The van der Waals surface area contributed by atoms with Gasteiger partial charge < -0.3 is 4.74 Å². The van der Waals surface area contributed by atoms with Crippen LogP contribution >= 0.6 is 11.6 Å². The van der Waals surface area contributed by atoms with Gasteiger partial charge in [-0.15, -0.1) is 11.6 Å². The van der Waals surface area contributed by atoms with Crippen LogP contribution in [0.4, 0.5) is 0 Å². The average molecular weight is 334 g/mol. The van der Waals surface area contributed by atoms with E-state index >= 15 is 0 Å². The first-order valence-electron chi connectivity index (χ1n) is 7.09. The molecule has 0 unspecified atom stereocenters. The maximum absolute atomic E-state index is 12.7. The molecule has 1 rings (SSSR count). The van der Waals surface area contributed by atoms with Crippen molar-refractivity contribution < 1.29 is 13.2 Å². The Kier molecular flexibility index (Phi) is 7.66. The molecule has 0 N–H and O–H groups in total. The highest BCUT2D eigenvalue weighted by Crippen LogP contribution is 2.19. The summed E-state index contributed by atoms with van der Waals surface area (Å²) in [6.07, 6.45) is 1.75. The lowest BCUT2D eigenvalue weighted by atomic mass is 10.1. The first kappa shape index (κ1) is 18.4. The average Bonchev–Trinajstić information content (AvgIpc) is 2.45. The standard InChI is InChI=1S/C15H24ClNO3S/c1-13(2)17(11-12-20-3)21(18,19)15-8-6-14(7-9-15)5-4-10-16/h6-9,13H,4-5,10-12H2,1-3H3. The number of hydrogen-bond donors (Lipinski definition) is 0. The predicted octanol–water partition coefficient (Wildman–Crippen LogP) is 2.90. The fraction of sp³-hybridized carbons (Fsp3) is 0.600. The van der Waals surface area contributed by atoms with Crippen LogP contribution in [0.1, 0.15) is 25.8 Å². The minimum absolute atomic E-state index is 0.110. The molecule has 0 amide bonds. The predicted molar refractivity (Wildman–Crippen MR) is 86.4 cm³/mol. The molecule has 21 heavy (non-hydrogen) atoms. The van der Waals surface area contributed by atoms with Gasteiger partial charge >= 0.3 is 0 Å². The summed E-state index contributed by atoms with van der Waals surface area (Å²) in [5.74, 6) is 0.609. The molecule has 120 valence electrons. The van der Waals surface area contributed by atoms with E-state index < -0.39 is 10.0 Å². The molecule has 0 heterocycles. The van der Waals surface area contributed by atoms with Gasteiger partial charge in [0.2, 0.25) is 10.0 Å². The third-order valence-electron chi connectivity index (χ3n) is 3.22. The maximum atomic E-state index is 12.7. The Balaban J connectivity index is 2.94. The Morgan fingerprint density at radius 2 is 1.86 bits per heavy atom. The molecular formula is C15H24ClNO3S. The third kappa shape index (κ3) is 5.25. The Morgan fingerprint density at radius 3 is 2.33 bits per heavy atom. The zero-order valence-electron chi connectivity index (χ0n) is 12.9. The Bertz CT molecular complexity index is 514. The van der Waals surface area contributed by atoms with Crippen LogP contribution in [0.3, 0.4) is 0 Å². The zero-order valence-corrected chi connectivity index (χ0v) is 14.5. The van der Waals surface area contributed by atoms with E-state index in [1.165, 1.54) is 4.31 Å². The fourth-order valence-electron chi connectivity index (χ4n) is 2.07. The van der Waals surface area contributed by atoms with Crippen LogP contribution in [0.15, 0.2) is 29.2 Å². The molecule has 0 atom stereocenters. The van der Waals surface area contributed by atoms with Crippen molar-refractivity contribution in [2.45, 2.75) is 37.6 Å². The number of benzene rings is 1. The minimum atomic E-state index is -3.48. The Morgan fingerprint density at radius 1 is 1.24 bits per heavy atom. The van der Waals surface area contributed by atoms with Gasteiger partial charge in [-0.1, -0.05) is 12.1 Å². The van der Waals surface area contributed by atoms with Crippen LogP contribution in [-0.2, 0) is 21.2 Å². The third-order valence-corrected chi connectivity index (χ3v) is 5.58. The second kappa shape index (κ2) is 8.73. The van der Waals surface area contributed by atoms with Crippen LogP contribution in [0.25, 0.3) is 0 Å². The topological polar surface area (TPSA) is 46.6 Å². The largest absolute Gasteiger partial charge is 0.383 e. The number of alkyl halides is 1. The molecule has 6 heteroatoms. The molecule has 0 aliphatic carbocycles. The number of aryl methyl sites for hydroxylation is 1. The van der Waals surface area contributed by atoms with Gasteiger partial charge in [-0.3, -0.25) is 0 Å². The maximum Gasteiger partial charge on any atom is 0.243 e. The van der Waals surface area contributed by atoms with E-state index in [4.69, 9.17) is 16.3 Å². The molecule has 0 aromatic heterocycles. The van der Waals surface area contributed by atoms with Gasteiger partial charge in [0, 0.05) is 25.6 Å². The van der Waals surface area contributed by atoms with Crippen LogP contribution in [-0.4, -0.2) is 44.9 Å². The van der Waals surface area contributed by atoms with Crippen molar-refractivity contribution in [3.63, 3.8) is 0 Å². The molecule has 0 bridgehead atoms. The fourth-order valence-corrected chi connectivity index (χ4v) is 3.83. The summed E-state index contributed by atoms with van der Waals surface area (Å²) in [6.45, 7) is 4.46. The lowest BCUT2D eigenvalue weighted by molar-refractivity contribution is 0.171. The molecule has 0 saturated heterocycles. The summed E-state index contributed by atoms with van der Waals surface area (Å²) in [5, 5.41) is 0. The summed E-state index contributed by atoms with van der Waals surface area (Å²) in [7, 11) is -1.92. The quantitative estimate of drug-likeness (QED) is 0.653. The van der Waals surface area contributed by atoms with Crippen molar-refractivity contribution in [1.29, 1.82) is 0 Å². The van der Waals surface area contributed by atoms with E-state index in [0.717, 1.165) is 18.4 Å². The molecule has 0 saturated carbocycles. The second-order valence-electron chi connectivity index (χ2n) is 5.14. The number of hydrogen-bond acceptors (Lipinski definition) is 3. The van der Waals surface area contributed by atoms with Crippen molar-refractivity contribution in [2.24, 2.45) is 0 Å². The summed E-state index contributed by atoms with van der Waals surface area (Å²) in [4.78, 5) is 0.321. The molecule has 4 nitrogen and oxygen atoms in total. The molecule has 0 fully saturated rings. The van der Waals surface area contributed by atoms with Gasteiger partial charge in [-0.05, 0) is 44.4 Å². The first-order valence-corrected chi connectivity index (χ1v) is 9.06. The summed E-state index contributed by atoms with van der Waals surface area (Å²) >= 11 is 5.67. The number of nitrogens with zero attached hydrogens (tertiary/aromatic N) is 1. The normalized spacial score (nSPS) is 12.3. The van der Waals surface area contributed by atoms with Gasteiger partial charge in [0.05, 0.1) is 11.5 Å². The van der Waals surface area contributed by atoms with Crippen molar-refractivity contribution >= 4 is 21.6 Å². The molecule has 0 aliphatic rings. The van der Waals surface area contributed by atoms with Crippen molar-refractivity contribution in [2.75, 3.05) is 26.1 Å². The van der Waals surface area contributed by atoms with E-state index in [-0.39, 0.29) is 6.04 Å². The highest BCUT2D eigenvalue weighted by molar-refractivity contribution is 7.89. The first-order chi connectivity index (χ1) is 9.93. The summed E-state index contributed by atoms with van der Waals surface area (Å²) in [6, 6.07) is 6.94. The number of halogens is 1. The minimum Gasteiger partial charge on any atom is -0.383 e. The molecule has 0 spiro atoms. The monoisotopic (exact) mass is 333 g/mol. The van der Waals surface area contributed by atoms with Crippen LogP contribution < -0.4 is 0 Å². The number of ether oxygens (including phenoxy) is 1. The lowest BCUT2D eigenvalue weighted by Crippen LogP contribution is -2.39. The molecule has 0 aliphatic heterocycles. The number of sulfonamides is 1. The highest BCUT2D eigenvalue weighted by Gasteiger charge is 2.26. The number of rotatable bonds is 9. The highest BCUT2D eigenvalue weighted by atomic mass is 35.5. The second-order valence-corrected chi connectivity index (χ2v) is 7.41. The van der Waals surface area contributed by atoms with Gasteiger partial charge in [-0.25, -0.2) is 8.42 Å². The van der Waals surface area contributed by atoms with Gasteiger partial charge in [0.25, 0.3) is 0 Å². The van der Waals surface area contributed by atoms with E-state index in [1.807, 2.05) is 26.0 Å². The van der Waals surface area contributed by atoms with Crippen molar-refractivity contribution in [3.8, 4) is 0 Å². The van der Waals surface area contributed by atoms with Crippen molar-refractivity contribution in [3.05, 3.63) is 29.8 Å². The van der Waals surface area contributed by atoms with Crippen LogP contribution in [0.2, 0.25) is 0 Å². The van der Waals surface area contributed by atoms with Gasteiger partial charge in [0.15, 0.2) is 0 Å². The summed E-state index contributed by atoms with van der Waals surface area (Å²) in [5.41, 5.74) is 1.10. The Labute approximate surface area is 133 Å². The smallest absolute Gasteiger partial charge is 0.243 e. The molecule has 1 aromatic carbocycles. The van der Waals surface area contributed by atoms with E-state index in [2.05, 4.69) is 0 Å². The van der Waals surface area contributed by atoms with Gasteiger partial charge in [0.1, 0.15) is 0 Å². The molecular weight excluding hydrogens is 310 g/mol. The SMILES string of the molecule is COCCN(C(C)C)S(=O)(=O)c1ccc(CCCCl)cc1. The number of methoxy groups -OCH3 is 1. The van der Waals surface area contributed by atoms with E-state index in [9.17, 15) is 8.42 Å². The molecule has 1 aromatic rings. The van der Waals surface area contributed by atoms with E-state index in [1.54, 1.807) is 19.2 Å². The zero-order chi connectivity index (χ0) is 15.9. The van der Waals surface area contributed by atoms with Crippen molar-refractivity contribution in [1.82, 2.24) is 4.31 Å².